The zero-order valence-corrected chi connectivity index (χ0v) is 9.59. The van der Waals surface area contributed by atoms with Crippen LogP contribution in [0.4, 0.5) is 0 Å². The van der Waals surface area contributed by atoms with Gasteiger partial charge in [-0.05, 0) is 37.5 Å². The van der Waals surface area contributed by atoms with Gasteiger partial charge in [0.05, 0.1) is 5.60 Å². The quantitative estimate of drug-likeness (QED) is 0.824. The van der Waals surface area contributed by atoms with Crippen molar-refractivity contribution < 1.29 is 5.11 Å². The van der Waals surface area contributed by atoms with Gasteiger partial charge in [0.15, 0.2) is 0 Å². The summed E-state index contributed by atoms with van der Waals surface area (Å²) in [7, 11) is 0. The highest BCUT2D eigenvalue weighted by atomic mass is 35.5. The minimum atomic E-state index is -0.812. The maximum absolute atomic E-state index is 10.2. The average Bonchev–Trinajstić information content (AvgIpc) is 2.99. The number of hydrogen-bond acceptors (Lipinski definition) is 2. The van der Waals surface area contributed by atoms with Crippen molar-refractivity contribution in [3.63, 3.8) is 0 Å². The molecule has 0 radical (unpaired) electrons. The van der Waals surface area contributed by atoms with Crippen molar-refractivity contribution in [3.8, 4) is 0 Å². The summed E-state index contributed by atoms with van der Waals surface area (Å²) in [4.78, 5) is 0. The summed E-state index contributed by atoms with van der Waals surface area (Å²) in [5.41, 5.74) is 0.0905. The number of nitrogens with one attached hydrogen (secondary N) is 1. The van der Waals surface area contributed by atoms with Crippen LogP contribution in [0.1, 0.15) is 25.3 Å². The van der Waals surface area contributed by atoms with Gasteiger partial charge < -0.3 is 10.4 Å². The minimum absolute atomic E-state index is 0.597. The van der Waals surface area contributed by atoms with Gasteiger partial charge in [0, 0.05) is 17.6 Å². The van der Waals surface area contributed by atoms with Crippen molar-refractivity contribution in [3.05, 3.63) is 34.9 Å². The predicted octanol–water partition coefficient (Wildman–Crippen LogP) is 2.30. The van der Waals surface area contributed by atoms with Gasteiger partial charge >= 0.3 is 0 Å². The number of aliphatic hydroxyl groups is 1. The van der Waals surface area contributed by atoms with Crippen LogP contribution in [0.3, 0.4) is 0 Å². The third kappa shape index (κ3) is 2.94. The molecule has 0 saturated heterocycles. The first-order valence-electron chi connectivity index (χ1n) is 5.30. The second-order valence-electron chi connectivity index (χ2n) is 4.44. The Morgan fingerprint density at radius 3 is 2.53 bits per heavy atom. The smallest absolute Gasteiger partial charge is 0.0992 e. The molecule has 2 nitrogen and oxygen atoms in total. The van der Waals surface area contributed by atoms with E-state index in [0.717, 1.165) is 5.56 Å². The van der Waals surface area contributed by atoms with Gasteiger partial charge in [-0.2, -0.15) is 0 Å². The molecule has 1 saturated carbocycles. The molecule has 1 aliphatic carbocycles. The molecule has 0 heterocycles. The molecule has 82 valence electrons. The second-order valence-corrected chi connectivity index (χ2v) is 4.87. The third-order valence-corrected chi connectivity index (χ3v) is 3.03. The first kappa shape index (κ1) is 10.9. The van der Waals surface area contributed by atoms with Crippen LogP contribution in [0.15, 0.2) is 24.3 Å². The fourth-order valence-corrected chi connectivity index (χ4v) is 1.67. The SMILES string of the molecule is CC(O)(CNC1CC1)c1ccc(Cl)cc1. The molecule has 0 aromatic heterocycles. The first-order chi connectivity index (χ1) is 7.08. The van der Waals surface area contributed by atoms with E-state index in [1.165, 1.54) is 12.8 Å². The summed E-state index contributed by atoms with van der Waals surface area (Å²) in [6.45, 7) is 2.42. The maximum atomic E-state index is 10.2. The Hall–Kier alpha value is -0.570. The number of rotatable bonds is 4. The first-order valence-corrected chi connectivity index (χ1v) is 5.67. The zero-order chi connectivity index (χ0) is 10.9. The highest BCUT2D eigenvalue weighted by Gasteiger charge is 2.27. The molecule has 1 atom stereocenters. The number of halogens is 1. The molecule has 2 N–H and O–H groups in total. The molecule has 0 amide bonds. The summed E-state index contributed by atoms with van der Waals surface area (Å²) in [5, 5.41) is 14.3. The Morgan fingerprint density at radius 1 is 1.40 bits per heavy atom. The maximum Gasteiger partial charge on any atom is 0.0992 e. The molecular formula is C12H16ClNO. The molecule has 0 spiro atoms. The molecule has 15 heavy (non-hydrogen) atoms. The van der Waals surface area contributed by atoms with Crippen LogP contribution in [0.5, 0.6) is 0 Å². The van der Waals surface area contributed by atoms with E-state index >= 15 is 0 Å². The Morgan fingerprint density at radius 2 is 2.00 bits per heavy atom. The van der Waals surface area contributed by atoms with Gasteiger partial charge in [0.25, 0.3) is 0 Å². The van der Waals surface area contributed by atoms with Crippen LogP contribution in [0, 0.1) is 0 Å². The van der Waals surface area contributed by atoms with Crippen LogP contribution in [0.25, 0.3) is 0 Å². The van der Waals surface area contributed by atoms with Gasteiger partial charge in [-0.15, -0.1) is 0 Å². The van der Waals surface area contributed by atoms with E-state index in [1.54, 1.807) is 0 Å². The van der Waals surface area contributed by atoms with Crippen LogP contribution < -0.4 is 5.32 Å². The van der Waals surface area contributed by atoms with E-state index in [9.17, 15) is 5.11 Å². The zero-order valence-electron chi connectivity index (χ0n) is 8.83. The van der Waals surface area contributed by atoms with Crippen LogP contribution in [-0.2, 0) is 5.60 Å². The fraction of sp³-hybridized carbons (Fsp3) is 0.500. The molecule has 1 fully saturated rings. The average molecular weight is 226 g/mol. The van der Waals surface area contributed by atoms with Crippen molar-refractivity contribution in [1.29, 1.82) is 0 Å². The van der Waals surface area contributed by atoms with Gasteiger partial charge in [0.1, 0.15) is 0 Å². The van der Waals surface area contributed by atoms with E-state index in [-0.39, 0.29) is 0 Å². The molecule has 3 heteroatoms. The van der Waals surface area contributed by atoms with E-state index in [0.29, 0.717) is 17.6 Å². The molecule has 2 rings (SSSR count). The molecule has 1 unspecified atom stereocenters. The number of hydrogen-bond donors (Lipinski definition) is 2. The highest BCUT2D eigenvalue weighted by molar-refractivity contribution is 6.30. The van der Waals surface area contributed by atoms with E-state index < -0.39 is 5.60 Å². The largest absolute Gasteiger partial charge is 0.384 e. The van der Waals surface area contributed by atoms with E-state index in [2.05, 4.69) is 5.32 Å². The van der Waals surface area contributed by atoms with Gasteiger partial charge in [0.2, 0.25) is 0 Å². The van der Waals surface area contributed by atoms with Crippen LogP contribution in [0.2, 0.25) is 5.02 Å². The molecule has 1 aliphatic rings. The lowest BCUT2D eigenvalue weighted by molar-refractivity contribution is 0.0566. The lowest BCUT2D eigenvalue weighted by Gasteiger charge is -2.24. The molecule has 0 aliphatic heterocycles. The molecular weight excluding hydrogens is 210 g/mol. The van der Waals surface area contributed by atoms with Gasteiger partial charge in [-0.1, -0.05) is 23.7 Å². The van der Waals surface area contributed by atoms with Crippen molar-refractivity contribution in [1.82, 2.24) is 5.32 Å². The summed E-state index contributed by atoms with van der Waals surface area (Å²) < 4.78 is 0. The fourth-order valence-electron chi connectivity index (χ4n) is 1.54. The molecule has 1 aromatic carbocycles. The Kier molecular flexibility index (Phi) is 3.01. The van der Waals surface area contributed by atoms with Crippen LogP contribution in [-0.4, -0.2) is 17.7 Å². The summed E-state index contributed by atoms with van der Waals surface area (Å²) >= 11 is 5.80. The van der Waals surface area contributed by atoms with Gasteiger partial charge in [-0.3, -0.25) is 0 Å². The van der Waals surface area contributed by atoms with E-state index in [4.69, 9.17) is 11.6 Å². The Bertz CT molecular complexity index is 330. The second kappa shape index (κ2) is 4.12. The standard InChI is InChI=1S/C12H16ClNO/c1-12(15,8-14-11-6-7-11)9-2-4-10(13)5-3-9/h2-5,11,14-15H,6-8H2,1H3. The normalized spacial score (nSPS) is 19.9. The van der Waals surface area contributed by atoms with Crippen molar-refractivity contribution in [2.45, 2.75) is 31.4 Å². The summed E-state index contributed by atoms with van der Waals surface area (Å²) in [5.74, 6) is 0. The predicted molar refractivity (Wildman–Crippen MR) is 62.0 cm³/mol. The Labute approximate surface area is 95.3 Å². The highest BCUT2D eigenvalue weighted by Crippen LogP contribution is 2.24. The monoisotopic (exact) mass is 225 g/mol. The molecule has 1 aromatic rings. The van der Waals surface area contributed by atoms with Crippen LogP contribution >= 0.6 is 11.6 Å². The van der Waals surface area contributed by atoms with Crippen molar-refractivity contribution in [2.24, 2.45) is 0 Å². The third-order valence-electron chi connectivity index (χ3n) is 2.78. The van der Waals surface area contributed by atoms with Gasteiger partial charge in [-0.25, -0.2) is 0 Å². The Balaban J connectivity index is 2.02. The summed E-state index contributed by atoms with van der Waals surface area (Å²) in [6.07, 6.45) is 2.47. The summed E-state index contributed by atoms with van der Waals surface area (Å²) in [6, 6.07) is 7.97. The van der Waals surface area contributed by atoms with E-state index in [1.807, 2.05) is 31.2 Å². The minimum Gasteiger partial charge on any atom is -0.384 e. The number of benzene rings is 1. The van der Waals surface area contributed by atoms with Crippen molar-refractivity contribution >= 4 is 11.6 Å². The van der Waals surface area contributed by atoms with Crippen molar-refractivity contribution in [2.75, 3.05) is 6.54 Å². The lowest BCUT2D eigenvalue weighted by atomic mass is 9.96. The topological polar surface area (TPSA) is 32.3 Å². The molecule has 0 bridgehead atoms. The lowest BCUT2D eigenvalue weighted by Crippen LogP contribution is -2.36.